The van der Waals surface area contributed by atoms with Crippen LogP contribution in [0.3, 0.4) is 0 Å². The molecule has 5 heteroatoms. The average Bonchev–Trinajstić information content (AvgIpc) is 2.67. The Hall–Kier alpha value is -1.59. The van der Waals surface area contributed by atoms with E-state index in [1.165, 1.54) is 5.56 Å². The molecule has 0 radical (unpaired) electrons. The van der Waals surface area contributed by atoms with E-state index in [-0.39, 0.29) is 5.92 Å². The van der Waals surface area contributed by atoms with Crippen LogP contribution >= 0.6 is 0 Å². The Morgan fingerprint density at radius 3 is 2.67 bits per heavy atom. The summed E-state index contributed by atoms with van der Waals surface area (Å²) in [5.41, 5.74) is 1.30. The Labute approximate surface area is 144 Å². The summed E-state index contributed by atoms with van der Waals surface area (Å²) in [7, 11) is 1.70. The minimum absolute atomic E-state index is 0.182. The molecule has 1 amide bonds. The quantitative estimate of drug-likeness (QED) is 0.825. The van der Waals surface area contributed by atoms with Gasteiger partial charge in [-0.25, -0.2) is 0 Å². The van der Waals surface area contributed by atoms with Gasteiger partial charge in [-0.2, -0.15) is 0 Å². The molecule has 0 spiro atoms. The molecule has 2 aliphatic rings. The zero-order valence-electron chi connectivity index (χ0n) is 14.6. The molecule has 0 N–H and O–H groups in total. The summed E-state index contributed by atoms with van der Waals surface area (Å²) < 4.78 is 10.6. The Bertz CT molecular complexity index is 535. The molecular weight excluding hydrogens is 304 g/mol. The molecule has 1 aromatic carbocycles. The predicted molar refractivity (Wildman–Crippen MR) is 93.3 cm³/mol. The summed E-state index contributed by atoms with van der Waals surface area (Å²) in [4.78, 5) is 17.1. The van der Waals surface area contributed by atoms with Crippen molar-refractivity contribution in [2.75, 3.05) is 53.0 Å². The zero-order chi connectivity index (χ0) is 16.8. The van der Waals surface area contributed by atoms with Gasteiger partial charge in [-0.15, -0.1) is 0 Å². The van der Waals surface area contributed by atoms with Crippen LogP contribution in [0.15, 0.2) is 24.3 Å². The van der Waals surface area contributed by atoms with Gasteiger partial charge in [0.2, 0.25) is 5.91 Å². The molecule has 2 saturated heterocycles. The summed E-state index contributed by atoms with van der Waals surface area (Å²) >= 11 is 0. The van der Waals surface area contributed by atoms with E-state index < -0.39 is 0 Å². The van der Waals surface area contributed by atoms with E-state index in [2.05, 4.69) is 21.9 Å². The number of amides is 1. The second kappa shape index (κ2) is 8.49. The van der Waals surface area contributed by atoms with Crippen molar-refractivity contribution in [3.05, 3.63) is 29.8 Å². The number of hydrogen-bond acceptors (Lipinski definition) is 4. The first kappa shape index (κ1) is 17.2. The van der Waals surface area contributed by atoms with E-state index in [0.717, 1.165) is 70.9 Å². The Morgan fingerprint density at radius 2 is 1.96 bits per heavy atom. The molecule has 2 fully saturated rings. The third-order valence-corrected chi connectivity index (χ3v) is 5.11. The van der Waals surface area contributed by atoms with Crippen LogP contribution in [0.25, 0.3) is 0 Å². The molecule has 2 heterocycles. The molecule has 0 aliphatic carbocycles. The van der Waals surface area contributed by atoms with E-state index in [4.69, 9.17) is 9.47 Å². The smallest absolute Gasteiger partial charge is 0.225 e. The van der Waals surface area contributed by atoms with Crippen molar-refractivity contribution >= 4 is 5.91 Å². The maximum atomic E-state index is 12.5. The summed E-state index contributed by atoms with van der Waals surface area (Å²) in [6.45, 7) is 6.15. The number of rotatable bonds is 5. The standard InChI is InChI=1S/C19H28N2O3/c1-23-18-4-2-3-16(15-18)5-8-20-9-11-21(12-10-20)19(22)17-6-13-24-14-7-17/h2-4,15,17H,5-14H2,1H3. The minimum atomic E-state index is 0.182. The van der Waals surface area contributed by atoms with Crippen molar-refractivity contribution in [1.29, 1.82) is 0 Å². The van der Waals surface area contributed by atoms with Crippen molar-refractivity contribution in [3.8, 4) is 5.75 Å². The lowest BCUT2D eigenvalue weighted by Crippen LogP contribution is -2.51. The summed E-state index contributed by atoms with van der Waals surface area (Å²) in [6, 6.07) is 8.27. The third kappa shape index (κ3) is 4.48. The lowest BCUT2D eigenvalue weighted by atomic mass is 9.98. The molecule has 0 atom stereocenters. The SMILES string of the molecule is COc1cccc(CCN2CCN(C(=O)C3CCOCC3)CC2)c1. The van der Waals surface area contributed by atoms with Gasteiger partial charge in [0.1, 0.15) is 5.75 Å². The summed E-state index contributed by atoms with van der Waals surface area (Å²) in [5.74, 6) is 1.44. The number of carbonyl (C=O) groups is 1. The number of nitrogens with zero attached hydrogens (tertiary/aromatic N) is 2. The van der Waals surface area contributed by atoms with Crippen molar-refractivity contribution < 1.29 is 14.3 Å². The van der Waals surface area contributed by atoms with Crippen LogP contribution in [0.5, 0.6) is 5.75 Å². The molecule has 2 aliphatic heterocycles. The van der Waals surface area contributed by atoms with Crippen LogP contribution in [0, 0.1) is 5.92 Å². The fraction of sp³-hybridized carbons (Fsp3) is 0.632. The molecule has 0 aromatic heterocycles. The van der Waals surface area contributed by atoms with Gasteiger partial charge in [-0.3, -0.25) is 9.69 Å². The van der Waals surface area contributed by atoms with Gasteiger partial charge < -0.3 is 14.4 Å². The lowest BCUT2D eigenvalue weighted by Gasteiger charge is -2.37. The van der Waals surface area contributed by atoms with Crippen molar-refractivity contribution in [1.82, 2.24) is 9.80 Å². The van der Waals surface area contributed by atoms with Gasteiger partial charge >= 0.3 is 0 Å². The summed E-state index contributed by atoms with van der Waals surface area (Å²) in [6.07, 6.45) is 2.79. The topological polar surface area (TPSA) is 42.0 Å². The maximum Gasteiger partial charge on any atom is 0.225 e. The number of hydrogen-bond donors (Lipinski definition) is 0. The van der Waals surface area contributed by atoms with Gasteiger partial charge in [0.05, 0.1) is 7.11 Å². The molecule has 0 saturated carbocycles. The largest absolute Gasteiger partial charge is 0.497 e. The molecule has 0 unspecified atom stereocenters. The number of ether oxygens (including phenoxy) is 2. The maximum absolute atomic E-state index is 12.5. The Balaban J connectivity index is 1.42. The number of methoxy groups -OCH3 is 1. The second-order valence-electron chi connectivity index (χ2n) is 6.66. The normalized spacial score (nSPS) is 20.1. The van der Waals surface area contributed by atoms with E-state index in [9.17, 15) is 4.79 Å². The van der Waals surface area contributed by atoms with E-state index in [0.29, 0.717) is 5.91 Å². The minimum Gasteiger partial charge on any atom is -0.497 e. The van der Waals surface area contributed by atoms with Gasteiger partial charge in [-0.05, 0) is 37.0 Å². The van der Waals surface area contributed by atoms with E-state index in [1.807, 2.05) is 12.1 Å². The molecule has 3 rings (SSSR count). The fourth-order valence-electron chi connectivity index (χ4n) is 3.51. The van der Waals surface area contributed by atoms with E-state index in [1.54, 1.807) is 7.11 Å². The Morgan fingerprint density at radius 1 is 1.21 bits per heavy atom. The number of piperazine rings is 1. The monoisotopic (exact) mass is 332 g/mol. The van der Waals surface area contributed by atoms with Gasteiger partial charge in [0.15, 0.2) is 0 Å². The van der Waals surface area contributed by atoms with Gasteiger partial charge in [-0.1, -0.05) is 12.1 Å². The predicted octanol–water partition coefficient (Wildman–Crippen LogP) is 1.81. The van der Waals surface area contributed by atoms with Crippen LogP contribution < -0.4 is 4.74 Å². The number of carbonyl (C=O) groups excluding carboxylic acids is 1. The first-order valence-corrected chi connectivity index (χ1v) is 8.98. The van der Waals surface area contributed by atoms with Crippen LogP contribution in [-0.4, -0.2) is 68.8 Å². The Kier molecular flexibility index (Phi) is 6.10. The van der Waals surface area contributed by atoms with Crippen LogP contribution in [-0.2, 0) is 16.0 Å². The van der Waals surface area contributed by atoms with Gasteiger partial charge in [0.25, 0.3) is 0 Å². The van der Waals surface area contributed by atoms with Crippen molar-refractivity contribution in [2.24, 2.45) is 5.92 Å². The van der Waals surface area contributed by atoms with Crippen LogP contribution in [0.1, 0.15) is 18.4 Å². The van der Waals surface area contributed by atoms with Crippen molar-refractivity contribution in [2.45, 2.75) is 19.3 Å². The van der Waals surface area contributed by atoms with E-state index >= 15 is 0 Å². The van der Waals surface area contributed by atoms with Gasteiger partial charge in [0, 0.05) is 51.9 Å². The highest BCUT2D eigenvalue weighted by molar-refractivity contribution is 5.79. The zero-order valence-corrected chi connectivity index (χ0v) is 14.6. The molecule has 24 heavy (non-hydrogen) atoms. The van der Waals surface area contributed by atoms with Crippen LogP contribution in [0.4, 0.5) is 0 Å². The van der Waals surface area contributed by atoms with Crippen molar-refractivity contribution in [3.63, 3.8) is 0 Å². The highest BCUT2D eigenvalue weighted by Gasteiger charge is 2.28. The molecule has 132 valence electrons. The number of benzene rings is 1. The van der Waals surface area contributed by atoms with Crippen LogP contribution in [0.2, 0.25) is 0 Å². The average molecular weight is 332 g/mol. The molecular formula is C19H28N2O3. The lowest BCUT2D eigenvalue weighted by molar-refractivity contribution is -0.140. The molecule has 0 bridgehead atoms. The molecule has 5 nitrogen and oxygen atoms in total. The summed E-state index contributed by atoms with van der Waals surface area (Å²) in [5, 5.41) is 0. The first-order valence-electron chi connectivity index (χ1n) is 8.98. The second-order valence-corrected chi connectivity index (χ2v) is 6.66. The third-order valence-electron chi connectivity index (χ3n) is 5.11. The first-order chi connectivity index (χ1) is 11.8. The highest BCUT2D eigenvalue weighted by atomic mass is 16.5. The highest BCUT2D eigenvalue weighted by Crippen LogP contribution is 2.19. The fourth-order valence-corrected chi connectivity index (χ4v) is 3.51. The molecule has 1 aromatic rings.